The summed E-state index contributed by atoms with van der Waals surface area (Å²) >= 11 is 0. The Kier molecular flexibility index (Phi) is 66.4. The number of rotatable bonds is 67. The third-order valence-corrected chi connectivity index (χ3v) is 16.8. The minimum absolute atomic E-state index is 0.00863. The molecule has 2 unspecified atom stereocenters. The maximum Gasteiger partial charge on any atom is 0.305 e. The van der Waals surface area contributed by atoms with Gasteiger partial charge in [-0.2, -0.15) is 0 Å². The van der Waals surface area contributed by atoms with Crippen LogP contribution in [0, 0.1) is 0 Å². The minimum atomic E-state index is -0.664. The molecular formula is C72H139NO5. The summed E-state index contributed by atoms with van der Waals surface area (Å²) in [7, 11) is 0. The van der Waals surface area contributed by atoms with Crippen molar-refractivity contribution in [1.29, 1.82) is 0 Å². The van der Waals surface area contributed by atoms with Crippen molar-refractivity contribution in [3.63, 3.8) is 0 Å². The van der Waals surface area contributed by atoms with Crippen LogP contribution >= 0.6 is 0 Å². The molecule has 0 aliphatic rings. The van der Waals surface area contributed by atoms with Crippen LogP contribution in [-0.2, 0) is 14.3 Å². The number of nitrogens with one attached hydrogen (secondary N) is 1. The highest BCUT2D eigenvalue weighted by Gasteiger charge is 2.20. The second-order valence-corrected chi connectivity index (χ2v) is 24.6. The van der Waals surface area contributed by atoms with Crippen LogP contribution in [0.5, 0.6) is 0 Å². The number of ether oxygens (including phenoxy) is 1. The first-order chi connectivity index (χ1) is 38.5. The summed E-state index contributed by atoms with van der Waals surface area (Å²) in [5.74, 6) is -0.0209. The number of allylic oxidation sites excluding steroid dienone is 4. The van der Waals surface area contributed by atoms with Gasteiger partial charge >= 0.3 is 5.97 Å². The second kappa shape index (κ2) is 67.8. The minimum Gasteiger partial charge on any atom is -0.466 e. The molecular weight excluding hydrogens is 959 g/mol. The quantitative estimate of drug-likeness (QED) is 0.0320. The van der Waals surface area contributed by atoms with Crippen molar-refractivity contribution in [3.8, 4) is 0 Å². The SMILES string of the molecule is CCCCC/C=C\C/C=C\CCCCCCCCCC(=O)OCCCCCCCCCCCCCCCCCCCCCCCCCCC(=O)NC(CO)C(O)CCCCCCCCCCCCCCCCCCCCCC. The standard InChI is InChI=1S/C72H139NO5/c1-3-5-7-9-11-13-15-17-19-21-22-29-33-36-40-44-48-52-56-60-64-70(75)69(68-74)73-71(76)65-61-57-53-49-45-41-37-34-30-27-25-23-24-26-28-31-35-39-43-47-51-55-59-63-67-78-72(77)66-62-58-54-50-46-42-38-32-20-18-16-14-12-10-8-6-4-2/h12,14,18,20,69-70,74-75H,3-11,13,15-17,19,21-68H2,1-2H3,(H,73,76)/b14-12-,20-18-. The Hall–Kier alpha value is -1.66. The van der Waals surface area contributed by atoms with E-state index >= 15 is 0 Å². The first-order valence-electron chi connectivity index (χ1n) is 35.6. The van der Waals surface area contributed by atoms with Crippen LogP contribution in [0.15, 0.2) is 24.3 Å². The zero-order chi connectivity index (χ0) is 56.4. The van der Waals surface area contributed by atoms with Gasteiger partial charge in [0.15, 0.2) is 0 Å². The first kappa shape index (κ1) is 76.3. The normalized spacial score (nSPS) is 12.6. The van der Waals surface area contributed by atoms with Gasteiger partial charge in [-0.25, -0.2) is 0 Å². The molecule has 0 aliphatic heterocycles. The highest BCUT2D eigenvalue weighted by Crippen LogP contribution is 2.19. The molecule has 3 N–H and O–H groups in total. The number of amides is 1. The molecule has 1 amide bonds. The number of esters is 1. The molecule has 0 bridgehead atoms. The number of aliphatic hydroxyl groups excluding tert-OH is 2. The third kappa shape index (κ3) is 63.5. The molecule has 0 aromatic rings. The Balaban J connectivity index is 3.36. The molecule has 0 aromatic carbocycles. The van der Waals surface area contributed by atoms with Crippen molar-refractivity contribution in [2.24, 2.45) is 0 Å². The van der Waals surface area contributed by atoms with Crippen molar-refractivity contribution >= 4 is 11.9 Å². The largest absolute Gasteiger partial charge is 0.466 e. The molecule has 0 spiro atoms. The van der Waals surface area contributed by atoms with Gasteiger partial charge < -0.3 is 20.3 Å². The second-order valence-electron chi connectivity index (χ2n) is 24.6. The number of aliphatic hydroxyl groups is 2. The molecule has 0 saturated carbocycles. The zero-order valence-electron chi connectivity index (χ0n) is 52.9. The number of unbranched alkanes of at least 4 members (excludes halogenated alkanes) is 52. The fourth-order valence-electron chi connectivity index (χ4n) is 11.3. The van der Waals surface area contributed by atoms with Crippen molar-refractivity contribution in [3.05, 3.63) is 24.3 Å². The smallest absolute Gasteiger partial charge is 0.305 e. The first-order valence-corrected chi connectivity index (χ1v) is 35.6. The van der Waals surface area contributed by atoms with Gasteiger partial charge in [0.2, 0.25) is 5.91 Å². The molecule has 6 heteroatoms. The van der Waals surface area contributed by atoms with E-state index in [-0.39, 0.29) is 18.5 Å². The van der Waals surface area contributed by atoms with Crippen molar-refractivity contribution < 1.29 is 24.5 Å². The molecule has 78 heavy (non-hydrogen) atoms. The average molecular weight is 1100 g/mol. The van der Waals surface area contributed by atoms with E-state index in [0.29, 0.717) is 25.9 Å². The maximum atomic E-state index is 12.5. The van der Waals surface area contributed by atoms with Crippen LogP contribution in [-0.4, -0.2) is 47.4 Å². The monoisotopic (exact) mass is 1100 g/mol. The third-order valence-electron chi connectivity index (χ3n) is 16.8. The van der Waals surface area contributed by atoms with Crippen LogP contribution in [0.2, 0.25) is 0 Å². The lowest BCUT2D eigenvalue weighted by Crippen LogP contribution is -2.45. The van der Waals surface area contributed by atoms with E-state index in [0.717, 1.165) is 51.4 Å². The highest BCUT2D eigenvalue weighted by atomic mass is 16.5. The fraction of sp³-hybridized carbons (Fsp3) is 0.917. The van der Waals surface area contributed by atoms with Crippen molar-refractivity contribution in [2.45, 2.75) is 411 Å². The number of carbonyl (C=O) groups is 2. The molecule has 0 fully saturated rings. The van der Waals surface area contributed by atoms with E-state index in [1.54, 1.807) is 0 Å². The summed E-state index contributed by atoms with van der Waals surface area (Å²) in [6.07, 6.45) is 85.0. The van der Waals surface area contributed by atoms with E-state index in [1.165, 1.54) is 315 Å². The van der Waals surface area contributed by atoms with Gasteiger partial charge in [0.1, 0.15) is 0 Å². The van der Waals surface area contributed by atoms with Crippen LogP contribution in [0.3, 0.4) is 0 Å². The van der Waals surface area contributed by atoms with Gasteiger partial charge in [-0.3, -0.25) is 9.59 Å². The lowest BCUT2D eigenvalue weighted by Gasteiger charge is -2.22. The lowest BCUT2D eigenvalue weighted by atomic mass is 10.0. The molecule has 0 saturated heterocycles. The number of carbonyl (C=O) groups excluding carboxylic acids is 2. The Labute approximate surface area is 488 Å². The van der Waals surface area contributed by atoms with Gasteiger partial charge in [-0.1, -0.05) is 353 Å². The Morgan fingerprint density at radius 3 is 1.00 bits per heavy atom. The van der Waals surface area contributed by atoms with E-state index < -0.39 is 12.1 Å². The summed E-state index contributed by atoms with van der Waals surface area (Å²) in [5, 5.41) is 23.4. The van der Waals surface area contributed by atoms with E-state index in [9.17, 15) is 19.8 Å². The van der Waals surface area contributed by atoms with Gasteiger partial charge in [0.25, 0.3) is 0 Å². The number of hydrogen-bond donors (Lipinski definition) is 3. The topological polar surface area (TPSA) is 95.9 Å². The van der Waals surface area contributed by atoms with Gasteiger partial charge in [-0.05, 0) is 57.8 Å². The summed E-state index contributed by atoms with van der Waals surface area (Å²) in [4.78, 5) is 24.6. The molecule has 0 aliphatic carbocycles. The van der Waals surface area contributed by atoms with Crippen LogP contribution in [0.25, 0.3) is 0 Å². The van der Waals surface area contributed by atoms with Crippen LogP contribution in [0.1, 0.15) is 399 Å². The summed E-state index contributed by atoms with van der Waals surface area (Å²) in [5.41, 5.74) is 0. The lowest BCUT2D eigenvalue weighted by molar-refractivity contribution is -0.143. The van der Waals surface area contributed by atoms with E-state index in [2.05, 4.69) is 43.5 Å². The Morgan fingerprint density at radius 2 is 0.641 bits per heavy atom. The van der Waals surface area contributed by atoms with E-state index in [1.807, 2.05) is 0 Å². The summed E-state index contributed by atoms with van der Waals surface area (Å²) in [6.45, 7) is 4.96. The molecule has 6 nitrogen and oxygen atoms in total. The average Bonchev–Trinajstić information content (AvgIpc) is 3.44. The zero-order valence-corrected chi connectivity index (χ0v) is 52.9. The van der Waals surface area contributed by atoms with Gasteiger partial charge in [-0.15, -0.1) is 0 Å². The summed E-state index contributed by atoms with van der Waals surface area (Å²) in [6, 6.07) is -0.541. The molecule has 0 radical (unpaired) electrons. The van der Waals surface area contributed by atoms with Crippen LogP contribution in [0.4, 0.5) is 0 Å². The van der Waals surface area contributed by atoms with Gasteiger partial charge in [0, 0.05) is 12.8 Å². The van der Waals surface area contributed by atoms with Crippen molar-refractivity contribution in [2.75, 3.05) is 13.2 Å². The van der Waals surface area contributed by atoms with Crippen LogP contribution < -0.4 is 5.32 Å². The fourth-order valence-corrected chi connectivity index (χ4v) is 11.3. The number of hydrogen-bond acceptors (Lipinski definition) is 5. The summed E-state index contributed by atoms with van der Waals surface area (Å²) < 4.78 is 5.50. The molecule has 462 valence electrons. The van der Waals surface area contributed by atoms with Gasteiger partial charge in [0.05, 0.1) is 25.4 Å². The highest BCUT2D eigenvalue weighted by molar-refractivity contribution is 5.76. The Morgan fingerprint density at radius 1 is 0.359 bits per heavy atom. The van der Waals surface area contributed by atoms with E-state index in [4.69, 9.17) is 4.74 Å². The molecule has 0 heterocycles. The predicted molar refractivity (Wildman–Crippen MR) is 343 cm³/mol. The molecule has 2 atom stereocenters. The predicted octanol–water partition coefficient (Wildman–Crippen LogP) is 22.9. The van der Waals surface area contributed by atoms with Crippen molar-refractivity contribution in [1.82, 2.24) is 5.32 Å². The maximum absolute atomic E-state index is 12.5. The molecule has 0 aromatic heterocycles. The molecule has 0 rings (SSSR count). The Bertz CT molecular complexity index is 1220.